The largest absolute Gasteiger partial charge is 0.399 e. The van der Waals surface area contributed by atoms with Crippen LogP contribution >= 0.6 is 0 Å². The number of amides is 1. The van der Waals surface area contributed by atoms with E-state index in [0.717, 1.165) is 30.6 Å². The van der Waals surface area contributed by atoms with Crippen LogP contribution in [0.2, 0.25) is 0 Å². The third-order valence-corrected chi connectivity index (χ3v) is 4.98. The molecule has 1 amide bonds. The van der Waals surface area contributed by atoms with E-state index in [-0.39, 0.29) is 5.41 Å². The average molecular weight is 272 g/mol. The fourth-order valence-electron chi connectivity index (χ4n) is 3.58. The fourth-order valence-corrected chi connectivity index (χ4v) is 3.58. The van der Waals surface area contributed by atoms with Crippen molar-refractivity contribution in [1.29, 1.82) is 0 Å². The van der Waals surface area contributed by atoms with Gasteiger partial charge in [-0.1, -0.05) is 25.0 Å². The summed E-state index contributed by atoms with van der Waals surface area (Å²) < 4.78 is 0. The molecule has 108 valence electrons. The van der Waals surface area contributed by atoms with E-state index in [0.29, 0.717) is 11.8 Å². The Labute approximate surface area is 121 Å². The number of likely N-dealkylation sites (N-methyl/N-ethyl adjacent to an activating group) is 1. The first-order chi connectivity index (χ1) is 9.62. The first kappa shape index (κ1) is 13.5. The van der Waals surface area contributed by atoms with Crippen molar-refractivity contribution in [3.8, 4) is 0 Å². The quantitative estimate of drug-likeness (QED) is 0.857. The van der Waals surface area contributed by atoms with Crippen molar-refractivity contribution in [3.05, 3.63) is 29.8 Å². The summed E-state index contributed by atoms with van der Waals surface area (Å²) in [6.45, 7) is 0.926. The maximum absolute atomic E-state index is 12.8. The molecule has 0 spiro atoms. The molecule has 2 N–H and O–H groups in total. The summed E-state index contributed by atoms with van der Waals surface area (Å²) >= 11 is 0. The van der Waals surface area contributed by atoms with E-state index in [2.05, 4.69) is 0 Å². The maximum atomic E-state index is 12.8. The number of carbonyl (C=O) groups is 1. The molecule has 0 bridgehead atoms. The molecule has 3 rings (SSSR count). The molecular formula is C17H24N2O. The lowest BCUT2D eigenvalue weighted by Crippen LogP contribution is -2.39. The van der Waals surface area contributed by atoms with Crippen LogP contribution in [0.1, 0.15) is 44.1 Å². The van der Waals surface area contributed by atoms with Crippen molar-refractivity contribution >= 4 is 11.6 Å². The Hall–Kier alpha value is -1.51. The maximum Gasteiger partial charge on any atom is 0.232 e. The first-order valence-electron chi connectivity index (χ1n) is 7.73. The van der Waals surface area contributed by atoms with Gasteiger partial charge in [0.05, 0.1) is 5.41 Å². The van der Waals surface area contributed by atoms with E-state index in [9.17, 15) is 4.79 Å². The highest BCUT2D eigenvalue weighted by Gasteiger charge is 2.52. The average Bonchev–Trinajstić information content (AvgIpc) is 3.10. The number of nitrogens with two attached hydrogens (primary N) is 1. The summed E-state index contributed by atoms with van der Waals surface area (Å²) in [5.74, 6) is 1.01. The number of carbonyl (C=O) groups excluding carboxylic acids is 1. The number of nitrogen functional groups attached to an aromatic ring is 1. The zero-order valence-electron chi connectivity index (χ0n) is 12.3. The normalized spacial score (nSPS) is 20.9. The predicted molar refractivity (Wildman–Crippen MR) is 81.4 cm³/mol. The van der Waals surface area contributed by atoms with Gasteiger partial charge in [0.2, 0.25) is 5.91 Å². The molecule has 0 radical (unpaired) electrons. The summed E-state index contributed by atoms with van der Waals surface area (Å²) in [4.78, 5) is 14.8. The van der Waals surface area contributed by atoms with E-state index in [4.69, 9.17) is 5.73 Å². The minimum Gasteiger partial charge on any atom is -0.399 e. The Morgan fingerprint density at radius 3 is 2.40 bits per heavy atom. The fraction of sp³-hybridized carbons (Fsp3) is 0.588. The minimum atomic E-state index is -0.249. The van der Waals surface area contributed by atoms with Crippen LogP contribution in [0.3, 0.4) is 0 Å². The van der Waals surface area contributed by atoms with Crippen molar-refractivity contribution in [3.63, 3.8) is 0 Å². The van der Waals surface area contributed by atoms with Gasteiger partial charge in [0, 0.05) is 19.3 Å². The number of hydrogen-bond acceptors (Lipinski definition) is 2. The van der Waals surface area contributed by atoms with Crippen LogP contribution < -0.4 is 5.73 Å². The molecule has 2 aliphatic carbocycles. The van der Waals surface area contributed by atoms with Gasteiger partial charge in [-0.2, -0.15) is 0 Å². The monoisotopic (exact) mass is 272 g/mol. The van der Waals surface area contributed by atoms with Crippen LogP contribution in [-0.2, 0) is 10.2 Å². The predicted octanol–water partition coefficient (Wildman–Crippen LogP) is 2.95. The van der Waals surface area contributed by atoms with Crippen molar-refractivity contribution in [1.82, 2.24) is 4.90 Å². The van der Waals surface area contributed by atoms with Gasteiger partial charge in [0.1, 0.15) is 0 Å². The minimum absolute atomic E-state index is 0.249. The van der Waals surface area contributed by atoms with Crippen molar-refractivity contribution in [2.24, 2.45) is 5.92 Å². The molecule has 0 unspecified atom stereocenters. The molecule has 20 heavy (non-hydrogen) atoms. The molecule has 3 nitrogen and oxygen atoms in total. The van der Waals surface area contributed by atoms with E-state index in [1.165, 1.54) is 25.7 Å². The second-order valence-corrected chi connectivity index (χ2v) is 6.54. The molecule has 0 atom stereocenters. The van der Waals surface area contributed by atoms with Crippen LogP contribution in [0.4, 0.5) is 5.69 Å². The molecular weight excluding hydrogens is 248 g/mol. The van der Waals surface area contributed by atoms with E-state index in [1.54, 1.807) is 0 Å². The lowest BCUT2D eigenvalue weighted by Gasteiger charge is -2.26. The number of benzene rings is 1. The SMILES string of the molecule is CN(CC1CCCC1)C(=O)C1(c2ccc(N)cc2)CC1. The van der Waals surface area contributed by atoms with E-state index < -0.39 is 0 Å². The lowest BCUT2D eigenvalue weighted by molar-refractivity contribution is -0.133. The van der Waals surface area contributed by atoms with Gasteiger partial charge in [0.15, 0.2) is 0 Å². The van der Waals surface area contributed by atoms with E-state index >= 15 is 0 Å². The molecule has 0 heterocycles. The Kier molecular flexibility index (Phi) is 3.45. The van der Waals surface area contributed by atoms with Crippen LogP contribution in [-0.4, -0.2) is 24.4 Å². The Balaban J connectivity index is 1.70. The molecule has 1 aromatic rings. The molecule has 1 aromatic carbocycles. The smallest absolute Gasteiger partial charge is 0.232 e. The number of anilines is 1. The van der Waals surface area contributed by atoms with Crippen LogP contribution in [0, 0.1) is 5.92 Å². The highest BCUT2D eigenvalue weighted by atomic mass is 16.2. The molecule has 2 aliphatic rings. The lowest BCUT2D eigenvalue weighted by atomic mass is 9.93. The molecule has 2 saturated carbocycles. The summed E-state index contributed by atoms with van der Waals surface area (Å²) in [5, 5.41) is 0. The van der Waals surface area contributed by atoms with Gasteiger partial charge in [-0.25, -0.2) is 0 Å². The molecule has 3 heteroatoms. The topological polar surface area (TPSA) is 46.3 Å². The molecule has 0 aliphatic heterocycles. The number of hydrogen-bond donors (Lipinski definition) is 1. The highest BCUT2D eigenvalue weighted by molar-refractivity contribution is 5.91. The van der Waals surface area contributed by atoms with E-state index in [1.807, 2.05) is 36.2 Å². The van der Waals surface area contributed by atoms with Gasteiger partial charge in [-0.15, -0.1) is 0 Å². The van der Waals surface area contributed by atoms with Gasteiger partial charge in [-0.05, 0) is 49.3 Å². The third-order valence-electron chi connectivity index (χ3n) is 4.98. The summed E-state index contributed by atoms with van der Waals surface area (Å²) in [6, 6.07) is 7.84. The van der Waals surface area contributed by atoms with Crippen LogP contribution in [0.15, 0.2) is 24.3 Å². The second-order valence-electron chi connectivity index (χ2n) is 6.54. The zero-order valence-corrected chi connectivity index (χ0v) is 12.3. The van der Waals surface area contributed by atoms with Crippen LogP contribution in [0.25, 0.3) is 0 Å². The molecule has 2 fully saturated rings. The van der Waals surface area contributed by atoms with Gasteiger partial charge in [0.25, 0.3) is 0 Å². The first-order valence-corrected chi connectivity index (χ1v) is 7.73. The second kappa shape index (κ2) is 5.12. The number of nitrogens with zero attached hydrogens (tertiary/aromatic N) is 1. The molecule has 0 saturated heterocycles. The summed E-state index contributed by atoms with van der Waals surface area (Å²) in [6.07, 6.45) is 7.18. The Bertz CT molecular complexity index is 484. The van der Waals surface area contributed by atoms with Crippen molar-refractivity contribution < 1.29 is 4.79 Å². The van der Waals surface area contributed by atoms with Gasteiger partial charge >= 0.3 is 0 Å². The highest BCUT2D eigenvalue weighted by Crippen LogP contribution is 2.49. The van der Waals surface area contributed by atoms with Crippen molar-refractivity contribution in [2.75, 3.05) is 19.3 Å². The molecule has 0 aromatic heterocycles. The summed E-state index contributed by atoms with van der Waals surface area (Å²) in [7, 11) is 1.97. The van der Waals surface area contributed by atoms with Gasteiger partial charge in [-0.3, -0.25) is 4.79 Å². The zero-order chi connectivity index (χ0) is 14.2. The third kappa shape index (κ3) is 2.41. The van der Waals surface area contributed by atoms with Gasteiger partial charge < -0.3 is 10.6 Å². The van der Waals surface area contributed by atoms with Crippen LogP contribution in [0.5, 0.6) is 0 Å². The Morgan fingerprint density at radius 1 is 1.25 bits per heavy atom. The standard InChI is InChI=1S/C17H24N2O/c1-19(12-13-4-2-3-5-13)16(20)17(10-11-17)14-6-8-15(18)9-7-14/h6-9,13H,2-5,10-12,18H2,1H3. The summed E-state index contributed by atoms with van der Waals surface area (Å²) in [5.41, 5.74) is 7.39. The number of rotatable bonds is 4. The Morgan fingerprint density at radius 2 is 1.85 bits per heavy atom. The van der Waals surface area contributed by atoms with Crippen molar-refractivity contribution in [2.45, 2.75) is 43.9 Å².